The number of benzene rings is 5. The summed E-state index contributed by atoms with van der Waals surface area (Å²) in [6, 6.07) is 51.7. The van der Waals surface area contributed by atoms with Gasteiger partial charge in [-0.15, -0.1) is 47.9 Å². The molecule has 25 heteroatoms. The SMILES string of the molecule is CC(O)CC(C)O.CC(O)CC(C)O.CC(O)CC(C)O.CC(O)CC(C)O.CC(O)CC(C)O.CC1[C-]=C(c2ccc3cc([Si](C)(C)C)ccc3n2)CCC1.CC1[C-]=C(c2nc3ccccc3cc2F)CCC1.CC1[C-]=C(c2nc3ccccc3cc2[Si](C)(C)C)CCC1.C[Si](C)(C)c1ccc2nc(C3=[C-]CCCC3)ccc2c1.Fc1cc2ccccc2nc1C1=[C-]CCCC1.[Ir].[Ir].[Ir].[Ir].[Ir]. The fraction of sp³-hybridized carbons (Fsp3) is 0.509. The first kappa shape index (κ1) is 130. The number of aliphatic hydroxyl groups is 10. The molecule has 15 nitrogen and oxygen atoms in total. The number of pyridine rings is 5. The summed E-state index contributed by atoms with van der Waals surface area (Å²) in [5.41, 5.74) is 15.4. The molecule has 10 aromatic rings. The Morgan fingerprint density at radius 2 is 0.562 bits per heavy atom. The zero-order chi connectivity index (χ0) is 97.7. The van der Waals surface area contributed by atoms with E-state index in [9.17, 15) is 8.78 Å². The number of aromatic nitrogens is 5. The van der Waals surface area contributed by atoms with Crippen molar-refractivity contribution < 1.29 is 160 Å². The van der Waals surface area contributed by atoms with Gasteiger partial charge in [0.05, 0.1) is 96.9 Å². The molecule has 15 rings (SSSR count). The van der Waals surface area contributed by atoms with Crippen LogP contribution in [0.25, 0.3) is 82.4 Å². The van der Waals surface area contributed by atoms with Crippen LogP contribution in [0.3, 0.4) is 0 Å². The molecule has 0 fully saturated rings. The fourth-order valence-corrected chi connectivity index (χ4v) is 19.9. The Hall–Kier alpha value is -4.79. The van der Waals surface area contributed by atoms with Crippen molar-refractivity contribution in [3.05, 3.63) is 222 Å². The summed E-state index contributed by atoms with van der Waals surface area (Å²) in [4.78, 5) is 23.6. The van der Waals surface area contributed by atoms with Crippen LogP contribution in [0.1, 0.15) is 260 Å². The molecule has 5 aliphatic carbocycles. The molecule has 0 aliphatic heterocycles. The minimum Gasteiger partial charge on any atom is -0.393 e. The standard InChI is InChI=1S/2C19H24NSi.C18H22NSi.C16H15FN.C15H13FN.5C5H12O2.5Ir/c1-14-8-7-10-16(12-14)19-18(21(2,3)4)13-15-9-5-6-11-17(15)20-19;1-14-6-5-7-15(12-14)18-10-8-16-13-17(21(2,3)4)9-11-19(16)20-18;1-20(2,3)16-10-12-18-15(13-16)9-11-17(19-18)14-7-5-4-6-8-14;1-11-5-4-7-13(9-11)16-14(17)10-12-6-2-3-8-15(12)18-16;16-13-10-12-8-4-5-9-14(12)17-15(13)11-6-2-1-3-7-11;5*1-4(6)3-5(2)7;;;;;/h5-6,9,11,13-14H,7-8,10H2,1-4H3;8-11,13-14H,5-7H2,1-4H3;9-13H,4-7H2,1-3H3;2-3,6,8,10-11H,4-5,7H2,1H3;4-5,8-10H,1-3,6H2;5*4-7H,3H2,1-2H3;;;;;/q5*-1;;;;;;;;;;. The first-order chi connectivity index (χ1) is 62.1. The van der Waals surface area contributed by atoms with Crippen molar-refractivity contribution in [3.63, 3.8) is 0 Å². The van der Waals surface area contributed by atoms with Crippen molar-refractivity contribution in [2.24, 2.45) is 17.8 Å². The summed E-state index contributed by atoms with van der Waals surface area (Å²) in [6.45, 7) is 44.8. The smallest absolute Gasteiger partial charge is 0.0776 e. The predicted octanol–water partition coefficient (Wildman–Crippen LogP) is 23.3. The average molecular weight is 2820 g/mol. The van der Waals surface area contributed by atoms with Crippen LogP contribution in [0.2, 0.25) is 58.9 Å². The molecule has 13 unspecified atom stereocenters. The minimum absolute atomic E-state index is 0. The van der Waals surface area contributed by atoms with Crippen LogP contribution in [0.5, 0.6) is 0 Å². The van der Waals surface area contributed by atoms with Gasteiger partial charge >= 0.3 is 0 Å². The maximum absolute atomic E-state index is 14.1. The minimum atomic E-state index is -1.42. The van der Waals surface area contributed by atoms with Gasteiger partial charge in [-0.1, -0.05) is 301 Å². The van der Waals surface area contributed by atoms with E-state index in [4.69, 9.17) is 66.0 Å². The summed E-state index contributed by atoms with van der Waals surface area (Å²) in [7, 11) is -3.92. The Labute approximate surface area is 890 Å². The van der Waals surface area contributed by atoms with Gasteiger partial charge in [-0.05, 0) is 182 Å². The first-order valence-corrected chi connectivity index (χ1v) is 58.9. The molecule has 5 aliphatic rings. The van der Waals surface area contributed by atoms with E-state index in [-0.39, 0.29) is 173 Å². The van der Waals surface area contributed by atoms with Crippen molar-refractivity contribution in [1.82, 2.24) is 24.9 Å². The van der Waals surface area contributed by atoms with Crippen LogP contribution in [0.4, 0.5) is 8.78 Å². The number of nitrogens with zero attached hydrogens (tertiary/aromatic N) is 5. The maximum Gasteiger partial charge on any atom is 0.0776 e. The second kappa shape index (κ2) is 65.6. The second-order valence-electron chi connectivity index (χ2n) is 40.2. The van der Waals surface area contributed by atoms with Crippen molar-refractivity contribution >= 4 is 122 Å². The van der Waals surface area contributed by atoms with E-state index in [0.29, 0.717) is 61.2 Å². The summed E-state index contributed by atoms with van der Waals surface area (Å²) >= 11 is 0. The first-order valence-electron chi connectivity index (χ1n) is 48.4. The van der Waals surface area contributed by atoms with Gasteiger partial charge in [0, 0.05) is 128 Å². The molecule has 13 atom stereocenters. The molecule has 0 bridgehead atoms. The van der Waals surface area contributed by atoms with Gasteiger partial charge in [0.2, 0.25) is 0 Å². The quantitative estimate of drug-likeness (QED) is 0.0283. The van der Waals surface area contributed by atoms with Gasteiger partial charge in [-0.3, -0.25) is 30.4 Å². The summed E-state index contributed by atoms with van der Waals surface area (Å²) in [6.07, 6.45) is 35.3. The predicted molar refractivity (Wildman–Crippen MR) is 557 cm³/mol. The van der Waals surface area contributed by atoms with E-state index in [1.54, 1.807) is 81.4 Å². The topological polar surface area (TPSA) is 267 Å². The van der Waals surface area contributed by atoms with Crippen molar-refractivity contribution in [3.8, 4) is 0 Å². The van der Waals surface area contributed by atoms with Gasteiger partial charge in [-0.2, -0.15) is 27.9 Å². The number of rotatable bonds is 18. The zero-order valence-electron chi connectivity index (χ0n) is 85.1. The van der Waals surface area contributed by atoms with Crippen LogP contribution >= 0.6 is 0 Å². The summed E-state index contributed by atoms with van der Waals surface area (Å²) < 4.78 is 28.1. The molecule has 0 saturated carbocycles. The van der Waals surface area contributed by atoms with Gasteiger partial charge in [0.15, 0.2) is 0 Å². The van der Waals surface area contributed by atoms with Crippen LogP contribution in [0.15, 0.2) is 152 Å². The van der Waals surface area contributed by atoms with Crippen LogP contribution in [0, 0.1) is 59.8 Å². The van der Waals surface area contributed by atoms with Crippen molar-refractivity contribution in [1.29, 1.82) is 0 Å². The molecule has 0 saturated heterocycles. The number of para-hydroxylation sites is 3. The Balaban J connectivity index is 0.000000782. The molecular weight excluding hydrogens is 2660 g/mol. The molecule has 10 N–H and O–H groups in total. The third kappa shape index (κ3) is 48.6. The van der Waals surface area contributed by atoms with Gasteiger partial charge in [-0.25, -0.2) is 8.78 Å². The molecule has 137 heavy (non-hydrogen) atoms. The molecule has 5 aromatic carbocycles. The molecule has 5 heterocycles. The number of hydrogen-bond donors (Lipinski definition) is 10. The van der Waals surface area contributed by atoms with Crippen molar-refractivity contribution in [2.75, 3.05) is 0 Å². The Bertz CT molecular complexity index is 5250. The summed E-state index contributed by atoms with van der Waals surface area (Å²) in [5, 5.41) is 95.6. The normalized spacial score (nSPS) is 17.8. The number of aliphatic hydroxyl groups excluding tert-OH is 10. The molecule has 5 aromatic heterocycles. The molecule has 0 amide bonds. The van der Waals surface area contributed by atoms with Crippen LogP contribution in [-0.2, 0) is 101 Å². The van der Waals surface area contributed by atoms with Crippen LogP contribution in [-0.4, -0.2) is 161 Å². The van der Waals surface area contributed by atoms with E-state index in [1.165, 1.54) is 92.7 Å². The monoisotopic (exact) mass is 2820 g/mol. The number of allylic oxidation sites excluding steroid dienone is 10. The number of halogens is 2. The zero-order valence-corrected chi connectivity index (χ0v) is 100. The Morgan fingerprint density at radius 1 is 0.292 bits per heavy atom. The van der Waals surface area contributed by atoms with Crippen molar-refractivity contribution in [2.45, 2.75) is 351 Å². The van der Waals surface area contributed by atoms with E-state index in [0.717, 1.165) is 132 Å². The number of hydrogen-bond acceptors (Lipinski definition) is 15. The van der Waals surface area contributed by atoms with Crippen LogP contribution < -0.4 is 15.6 Å². The van der Waals surface area contributed by atoms with Gasteiger partial charge < -0.3 is 76.0 Å². The van der Waals surface area contributed by atoms with E-state index in [1.807, 2.05) is 48.5 Å². The number of fused-ring (bicyclic) bond motifs is 5. The van der Waals surface area contributed by atoms with E-state index in [2.05, 4.69) is 211 Å². The van der Waals surface area contributed by atoms with Gasteiger partial charge in [0.1, 0.15) is 0 Å². The van der Waals surface area contributed by atoms with E-state index < -0.39 is 24.2 Å². The average Bonchev–Trinajstić information content (AvgIpc) is 0.776. The molecule has 767 valence electrons. The molecule has 5 radical (unpaired) electrons. The summed E-state index contributed by atoms with van der Waals surface area (Å²) in [5.74, 6) is 1.08. The second-order valence-corrected chi connectivity index (χ2v) is 55.4. The fourth-order valence-electron chi connectivity index (χ4n) is 16.1. The molecular formula is C112H158F2Ir5N5O10Si3-5. The third-order valence-corrected chi connectivity index (χ3v) is 28.8. The third-order valence-electron chi connectivity index (χ3n) is 22.7. The van der Waals surface area contributed by atoms with E-state index >= 15 is 0 Å². The molecule has 0 spiro atoms. The Morgan fingerprint density at radius 3 is 0.869 bits per heavy atom. The van der Waals surface area contributed by atoms with Gasteiger partial charge in [0.25, 0.3) is 0 Å². The maximum atomic E-state index is 14.1. The Kier molecular flexibility index (Phi) is 62.3. The largest absolute Gasteiger partial charge is 0.393 e.